The van der Waals surface area contributed by atoms with Crippen molar-refractivity contribution in [2.24, 2.45) is 5.92 Å². The van der Waals surface area contributed by atoms with Gasteiger partial charge in [0.15, 0.2) is 0 Å². The van der Waals surface area contributed by atoms with E-state index in [1.54, 1.807) is 0 Å². The molecule has 80 valence electrons. The maximum absolute atomic E-state index is 3.43. The number of hydrogen-bond acceptors (Lipinski definition) is 1. The molecule has 0 bridgehead atoms. The van der Waals surface area contributed by atoms with Crippen molar-refractivity contribution in [3.05, 3.63) is 0 Å². The highest BCUT2D eigenvalue weighted by Gasteiger charge is 2.10. The molecule has 0 aromatic rings. The molecule has 0 aromatic heterocycles. The largest absolute Gasteiger partial charge is 0.306 e. The molecular formula is C13H23N. The van der Waals surface area contributed by atoms with Crippen LogP contribution in [-0.2, 0) is 0 Å². The molecule has 0 aromatic carbocycles. The highest BCUT2D eigenvalue weighted by Crippen LogP contribution is 2.22. The summed E-state index contributed by atoms with van der Waals surface area (Å²) in [5.74, 6) is 7.48. The highest BCUT2D eigenvalue weighted by molar-refractivity contribution is 5.05. The smallest absolute Gasteiger partial charge is 0.0242 e. The van der Waals surface area contributed by atoms with Crippen molar-refractivity contribution >= 4 is 0 Å². The van der Waals surface area contributed by atoms with Gasteiger partial charge in [-0.25, -0.2) is 0 Å². The van der Waals surface area contributed by atoms with E-state index in [-0.39, 0.29) is 0 Å². The van der Waals surface area contributed by atoms with Crippen molar-refractivity contribution in [2.45, 2.75) is 51.5 Å². The van der Waals surface area contributed by atoms with Crippen molar-refractivity contribution in [1.29, 1.82) is 0 Å². The van der Waals surface area contributed by atoms with Crippen LogP contribution in [0.2, 0.25) is 0 Å². The second-order valence-electron chi connectivity index (χ2n) is 4.67. The third-order valence-electron chi connectivity index (χ3n) is 3.19. The Morgan fingerprint density at radius 3 is 2.43 bits per heavy atom. The summed E-state index contributed by atoms with van der Waals surface area (Å²) in [6.07, 6.45) is 7.90. The summed E-state index contributed by atoms with van der Waals surface area (Å²) in [7, 11) is 4.24. The van der Waals surface area contributed by atoms with Gasteiger partial charge in [-0.3, -0.25) is 0 Å². The molecule has 1 fully saturated rings. The van der Waals surface area contributed by atoms with Crippen LogP contribution in [0.3, 0.4) is 0 Å². The molecule has 1 heteroatoms. The van der Waals surface area contributed by atoms with Crippen molar-refractivity contribution in [2.75, 3.05) is 14.1 Å². The van der Waals surface area contributed by atoms with Gasteiger partial charge in [0.2, 0.25) is 0 Å². The number of nitrogens with zero attached hydrogens (tertiary/aromatic N) is 1. The second-order valence-corrected chi connectivity index (χ2v) is 4.67. The Labute approximate surface area is 88.9 Å². The summed E-state index contributed by atoms with van der Waals surface area (Å²) >= 11 is 0. The van der Waals surface area contributed by atoms with Crippen molar-refractivity contribution in [3.63, 3.8) is 0 Å². The Morgan fingerprint density at radius 1 is 1.21 bits per heavy atom. The van der Waals surface area contributed by atoms with Crippen LogP contribution in [0.4, 0.5) is 0 Å². The minimum Gasteiger partial charge on any atom is -0.306 e. The van der Waals surface area contributed by atoms with Crippen molar-refractivity contribution < 1.29 is 0 Å². The van der Waals surface area contributed by atoms with Crippen LogP contribution < -0.4 is 0 Å². The lowest BCUT2D eigenvalue weighted by Gasteiger charge is -2.17. The van der Waals surface area contributed by atoms with Gasteiger partial charge in [-0.2, -0.15) is 0 Å². The Morgan fingerprint density at radius 2 is 1.86 bits per heavy atom. The average molecular weight is 193 g/mol. The summed E-state index contributed by atoms with van der Waals surface area (Å²) < 4.78 is 0. The number of rotatable bonds is 2. The van der Waals surface area contributed by atoms with Gasteiger partial charge in [0.1, 0.15) is 0 Å². The first-order valence-electron chi connectivity index (χ1n) is 5.85. The molecule has 14 heavy (non-hydrogen) atoms. The molecule has 0 radical (unpaired) electrons. The van der Waals surface area contributed by atoms with E-state index in [0.29, 0.717) is 12.0 Å². The summed E-state index contributed by atoms with van der Waals surface area (Å²) in [6.45, 7) is 2.23. The molecule has 0 spiro atoms. The Bertz CT molecular complexity index is 203. The van der Waals surface area contributed by atoms with Gasteiger partial charge in [0.05, 0.1) is 0 Å². The van der Waals surface area contributed by atoms with Crippen LogP contribution in [-0.4, -0.2) is 25.0 Å². The first kappa shape index (κ1) is 11.6. The van der Waals surface area contributed by atoms with Gasteiger partial charge < -0.3 is 4.90 Å². The molecule has 1 saturated carbocycles. The van der Waals surface area contributed by atoms with Crippen LogP contribution in [0.5, 0.6) is 0 Å². The van der Waals surface area contributed by atoms with Crippen LogP contribution >= 0.6 is 0 Å². The molecule has 0 N–H and O–H groups in total. The molecule has 0 aliphatic heterocycles. The molecule has 1 aliphatic rings. The molecule has 1 nitrogen and oxygen atoms in total. The fraction of sp³-hybridized carbons (Fsp3) is 0.846. The van der Waals surface area contributed by atoms with E-state index < -0.39 is 0 Å². The van der Waals surface area contributed by atoms with E-state index in [4.69, 9.17) is 0 Å². The topological polar surface area (TPSA) is 3.24 Å². The number of hydrogen-bond donors (Lipinski definition) is 0. The molecule has 1 rings (SSSR count). The van der Waals surface area contributed by atoms with Gasteiger partial charge in [-0.15, -0.1) is 5.92 Å². The summed E-state index contributed by atoms with van der Waals surface area (Å²) in [4.78, 5) is 2.23. The monoisotopic (exact) mass is 193 g/mol. The molecule has 0 amide bonds. The lowest BCUT2D eigenvalue weighted by Crippen LogP contribution is -2.23. The summed E-state index contributed by atoms with van der Waals surface area (Å²) in [6, 6.07) is 0.589. The fourth-order valence-electron chi connectivity index (χ4n) is 1.78. The lowest BCUT2D eigenvalue weighted by atomic mass is 9.90. The third kappa shape index (κ3) is 4.15. The molecule has 1 atom stereocenters. The molecule has 0 heterocycles. The second kappa shape index (κ2) is 6.09. The third-order valence-corrected chi connectivity index (χ3v) is 3.19. The van der Waals surface area contributed by atoms with Gasteiger partial charge in [-0.1, -0.05) is 25.2 Å². The fourth-order valence-corrected chi connectivity index (χ4v) is 1.78. The predicted octanol–water partition coefficient (Wildman–Crippen LogP) is 2.91. The van der Waals surface area contributed by atoms with Crippen molar-refractivity contribution in [1.82, 2.24) is 4.90 Å². The van der Waals surface area contributed by atoms with E-state index >= 15 is 0 Å². The minimum absolute atomic E-state index is 0.589. The zero-order valence-corrected chi connectivity index (χ0v) is 9.84. The van der Waals surface area contributed by atoms with E-state index in [1.807, 2.05) is 0 Å². The van der Waals surface area contributed by atoms with Crippen LogP contribution in [0.15, 0.2) is 0 Å². The van der Waals surface area contributed by atoms with Gasteiger partial charge >= 0.3 is 0 Å². The Kier molecular flexibility index (Phi) is 5.04. The molecule has 1 unspecified atom stereocenters. The van der Waals surface area contributed by atoms with E-state index in [1.165, 1.54) is 32.1 Å². The quantitative estimate of drug-likeness (QED) is 0.610. The van der Waals surface area contributed by atoms with E-state index in [0.717, 1.165) is 6.42 Å². The normalized spacial score (nSPS) is 20.3. The average Bonchev–Trinajstić information content (AvgIpc) is 2.19. The van der Waals surface area contributed by atoms with Crippen LogP contribution in [0.25, 0.3) is 0 Å². The van der Waals surface area contributed by atoms with Crippen LogP contribution in [0, 0.1) is 17.8 Å². The maximum atomic E-state index is 3.43. The van der Waals surface area contributed by atoms with Crippen LogP contribution in [0.1, 0.15) is 45.4 Å². The Hall–Kier alpha value is -0.480. The maximum Gasteiger partial charge on any atom is 0.0242 e. The SMILES string of the molecule is CC(CC#CC1CCCCC1)N(C)C. The van der Waals surface area contributed by atoms with E-state index in [9.17, 15) is 0 Å². The first-order valence-corrected chi connectivity index (χ1v) is 5.85. The van der Waals surface area contributed by atoms with E-state index in [2.05, 4.69) is 37.8 Å². The molecule has 1 aliphatic carbocycles. The summed E-state index contributed by atoms with van der Waals surface area (Å²) in [5.41, 5.74) is 0. The van der Waals surface area contributed by atoms with Gasteiger partial charge in [-0.05, 0) is 33.9 Å². The van der Waals surface area contributed by atoms with Crippen molar-refractivity contribution in [3.8, 4) is 11.8 Å². The predicted molar refractivity (Wildman–Crippen MR) is 62.1 cm³/mol. The highest BCUT2D eigenvalue weighted by atomic mass is 15.1. The molecular weight excluding hydrogens is 170 g/mol. The van der Waals surface area contributed by atoms with Gasteiger partial charge in [0.25, 0.3) is 0 Å². The zero-order valence-electron chi connectivity index (χ0n) is 9.84. The summed E-state index contributed by atoms with van der Waals surface area (Å²) in [5, 5.41) is 0. The standard InChI is InChI=1S/C13H23N/c1-12(14(2)3)8-7-11-13-9-5-4-6-10-13/h12-13H,4-6,8-10H2,1-3H3. The Balaban J connectivity index is 2.24. The molecule has 0 saturated heterocycles. The zero-order chi connectivity index (χ0) is 10.4. The minimum atomic E-state index is 0.589. The van der Waals surface area contributed by atoms with Gasteiger partial charge in [0, 0.05) is 18.4 Å². The lowest BCUT2D eigenvalue weighted by molar-refractivity contribution is 0.318. The first-order chi connectivity index (χ1) is 6.70.